The molecular weight excluding hydrogens is 204 g/mol. The smallest absolute Gasteiger partial charge is 0.250 e. The largest absolute Gasteiger partial charge is 0.472 e. The second-order valence-corrected chi connectivity index (χ2v) is 3.18. The van der Waals surface area contributed by atoms with Gasteiger partial charge in [0, 0.05) is 12.3 Å². The minimum absolute atomic E-state index is 0.489. The zero-order chi connectivity index (χ0) is 9.80. The molecule has 4 nitrogen and oxygen atoms in total. The Morgan fingerprint density at radius 1 is 1.36 bits per heavy atom. The first-order valence-electron chi connectivity index (χ1n) is 4.31. The summed E-state index contributed by atoms with van der Waals surface area (Å²) >= 11 is 5.55. The molecule has 0 aliphatic rings. The molecule has 0 bridgehead atoms. The fourth-order valence-corrected chi connectivity index (χ4v) is 1.21. The molecule has 0 spiro atoms. The van der Waals surface area contributed by atoms with E-state index in [1.807, 2.05) is 0 Å². The van der Waals surface area contributed by atoms with Crippen molar-refractivity contribution in [2.45, 2.75) is 12.8 Å². The predicted octanol–water partition coefficient (Wildman–Crippen LogP) is 2.50. The summed E-state index contributed by atoms with van der Waals surface area (Å²) in [6.45, 7) is 0. The van der Waals surface area contributed by atoms with Crippen LogP contribution in [-0.4, -0.2) is 16.1 Å². The third kappa shape index (κ3) is 1.96. The highest BCUT2D eigenvalue weighted by atomic mass is 35.5. The number of hydrogen-bond donors (Lipinski definition) is 0. The average Bonchev–Trinajstić information content (AvgIpc) is 2.85. The van der Waals surface area contributed by atoms with Crippen LogP contribution in [0.5, 0.6) is 0 Å². The summed E-state index contributed by atoms with van der Waals surface area (Å²) < 4.78 is 10.3. The number of nitrogens with zero attached hydrogens (tertiary/aromatic N) is 2. The van der Waals surface area contributed by atoms with Crippen molar-refractivity contribution in [1.82, 2.24) is 10.2 Å². The Bertz CT molecular complexity index is 383. The van der Waals surface area contributed by atoms with Crippen molar-refractivity contribution in [1.29, 1.82) is 0 Å². The van der Waals surface area contributed by atoms with E-state index in [0.717, 1.165) is 12.0 Å². The molecule has 14 heavy (non-hydrogen) atoms. The van der Waals surface area contributed by atoms with Gasteiger partial charge in [0.1, 0.15) is 6.26 Å². The van der Waals surface area contributed by atoms with Crippen molar-refractivity contribution < 1.29 is 8.83 Å². The second kappa shape index (κ2) is 4.28. The quantitative estimate of drug-likeness (QED) is 0.731. The summed E-state index contributed by atoms with van der Waals surface area (Å²) in [5.74, 6) is 1.70. The summed E-state index contributed by atoms with van der Waals surface area (Å²) in [5, 5.41) is 7.78. The first-order chi connectivity index (χ1) is 6.90. The molecule has 0 amide bonds. The summed E-state index contributed by atoms with van der Waals surface area (Å²) in [6, 6.07) is 1.78. The first-order valence-corrected chi connectivity index (χ1v) is 4.84. The van der Waals surface area contributed by atoms with Crippen molar-refractivity contribution in [2.24, 2.45) is 0 Å². The normalized spacial score (nSPS) is 10.6. The van der Waals surface area contributed by atoms with E-state index >= 15 is 0 Å². The third-order valence-corrected chi connectivity index (χ3v) is 2.03. The number of halogens is 1. The maximum atomic E-state index is 5.55. The molecule has 2 aromatic heterocycles. The first kappa shape index (κ1) is 9.27. The standard InChI is InChI=1S/C9H9ClN2O2/c10-4-1-2-8-11-12-9(14-8)7-3-5-13-6-7/h3,5-6H,1-2,4H2. The van der Waals surface area contributed by atoms with Gasteiger partial charge in [-0.3, -0.25) is 0 Å². The lowest BCUT2D eigenvalue weighted by Gasteiger charge is -1.88. The summed E-state index contributed by atoms with van der Waals surface area (Å²) in [6.07, 6.45) is 4.69. The van der Waals surface area contributed by atoms with Crippen molar-refractivity contribution in [3.05, 3.63) is 24.5 Å². The van der Waals surface area contributed by atoms with Gasteiger partial charge in [-0.1, -0.05) is 0 Å². The lowest BCUT2D eigenvalue weighted by molar-refractivity contribution is 0.501. The van der Waals surface area contributed by atoms with E-state index in [1.165, 1.54) is 0 Å². The topological polar surface area (TPSA) is 52.1 Å². The van der Waals surface area contributed by atoms with E-state index in [9.17, 15) is 0 Å². The van der Waals surface area contributed by atoms with Gasteiger partial charge in [-0.25, -0.2) is 0 Å². The Balaban J connectivity index is 2.10. The molecule has 2 rings (SSSR count). The molecule has 0 N–H and O–H groups in total. The Labute approximate surface area is 85.9 Å². The molecule has 0 aromatic carbocycles. The number of aromatic nitrogens is 2. The molecule has 0 aliphatic carbocycles. The van der Waals surface area contributed by atoms with E-state index in [0.29, 0.717) is 24.1 Å². The Morgan fingerprint density at radius 3 is 3.00 bits per heavy atom. The van der Waals surface area contributed by atoms with Crippen LogP contribution in [0.2, 0.25) is 0 Å². The van der Waals surface area contributed by atoms with Crippen LogP contribution in [0.25, 0.3) is 11.5 Å². The number of rotatable bonds is 4. The minimum Gasteiger partial charge on any atom is -0.472 e. The van der Waals surface area contributed by atoms with E-state index in [2.05, 4.69) is 10.2 Å². The number of furan rings is 1. The fourth-order valence-electron chi connectivity index (χ4n) is 1.08. The molecule has 0 radical (unpaired) electrons. The molecule has 0 atom stereocenters. The van der Waals surface area contributed by atoms with Gasteiger partial charge in [0.15, 0.2) is 0 Å². The molecule has 0 unspecified atom stereocenters. The summed E-state index contributed by atoms with van der Waals surface area (Å²) in [5.41, 5.74) is 0.801. The van der Waals surface area contributed by atoms with Crippen molar-refractivity contribution >= 4 is 11.6 Å². The molecule has 2 aromatic rings. The van der Waals surface area contributed by atoms with Crippen molar-refractivity contribution in [3.63, 3.8) is 0 Å². The van der Waals surface area contributed by atoms with Gasteiger partial charge in [-0.05, 0) is 12.5 Å². The molecular formula is C9H9ClN2O2. The van der Waals surface area contributed by atoms with Crippen LogP contribution in [0.1, 0.15) is 12.3 Å². The van der Waals surface area contributed by atoms with Crippen LogP contribution in [0.3, 0.4) is 0 Å². The number of hydrogen-bond acceptors (Lipinski definition) is 4. The molecule has 0 aliphatic heterocycles. The summed E-state index contributed by atoms with van der Waals surface area (Å²) in [7, 11) is 0. The highest BCUT2D eigenvalue weighted by molar-refractivity contribution is 6.17. The highest BCUT2D eigenvalue weighted by Crippen LogP contribution is 2.18. The zero-order valence-corrected chi connectivity index (χ0v) is 8.20. The third-order valence-electron chi connectivity index (χ3n) is 1.76. The van der Waals surface area contributed by atoms with Crippen molar-refractivity contribution in [2.75, 3.05) is 5.88 Å². The average molecular weight is 213 g/mol. The van der Waals surface area contributed by atoms with E-state index < -0.39 is 0 Å². The Hall–Kier alpha value is -1.29. The van der Waals surface area contributed by atoms with Crippen LogP contribution >= 0.6 is 11.6 Å². The van der Waals surface area contributed by atoms with Gasteiger partial charge in [-0.2, -0.15) is 0 Å². The maximum absolute atomic E-state index is 5.55. The Kier molecular flexibility index (Phi) is 2.84. The van der Waals surface area contributed by atoms with Gasteiger partial charge in [-0.15, -0.1) is 21.8 Å². The molecule has 0 saturated heterocycles. The van der Waals surface area contributed by atoms with E-state index in [-0.39, 0.29) is 0 Å². The fraction of sp³-hybridized carbons (Fsp3) is 0.333. The number of alkyl halides is 1. The minimum atomic E-state index is 0.489. The van der Waals surface area contributed by atoms with Crippen LogP contribution in [0.4, 0.5) is 0 Å². The van der Waals surface area contributed by atoms with Gasteiger partial charge in [0.2, 0.25) is 5.89 Å². The van der Waals surface area contributed by atoms with Crippen LogP contribution in [0.15, 0.2) is 27.4 Å². The monoisotopic (exact) mass is 212 g/mol. The summed E-state index contributed by atoms with van der Waals surface area (Å²) in [4.78, 5) is 0. The van der Waals surface area contributed by atoms with Crippen LogP contribution in [0, 0.1) is 0 Å². The highest BCUT2D eigenvalue weighted by Gasteiger charge is 2.08. The lowest BCUT2D eigenvalue weighted by Crippen LogP contribution is -1.85. The van der Waals surface area contributed by atoms with E-state index in [4.69, 9.17) is 20.4 Å². The molecule has 5 heteroatoms. The second-order valence-electron chi connectivity index (χ2n) is 2.81. The predicted molar refractivity (Wildman–Crippen MR) is 51.0 cm³/mol. The zero-order valence-electron chi connectivity index (χ0n) is 7.44. The van der Waals surface area contributed by atoms with Gasteiger partial charge >= 0.3 is 0 Å². The number of aryl methyl sites for hydroxylation is 1. The van der Waals surface area contributed by atoms with Crippen LogP contribution in [-0.2, 0) is 6.42 Å². The molecule has 74 valence electrons. The van der Waals surface area contributed by atoms with E-state index in [1.54, 1.807) is 18.6 Å². The molecule has 0 saturated carbocycles. The molecule has 2 heterocycles. The van der Waals surface area contributed by atoms with Gasteiger partial charge in [0.05, 0.1) is 11.8 Å². The molecule has 0 fully saturated rings. The maximum Gasteiger partial charge on any atom is 0.250 e. The van der Waals surface area contributed by atoms with Gasteiger partial charge < -0.3 is 8.83 Å². The van der Waals surface area contributed by atoms with Gasteiger partial charge in [0.25, 0.3) is 5.89 Å². The van der Waals surface area contributed by atoms with Crippen LogP contribution < -0.4 is 0 Å². The van der Waals surface area contributed by atoms with Crippen molar-refractivity contribution in [3.8, 4) is 11.5 Å². The Morgan fingerprint density at radius 2 is 2.29 bits per heavy atom. The lowest BCUT2D eigenvalue weighted by atomic mass is 10.3. The SMILES string of the molecule is ClCCCc1nnc(-c2ccoc2)o1.